The number of anilines is 1. The van der Waals surface area contributed by atoms with Crippen molar-refractivity contribution in [2.75, 3.05) is 5.32 Å². The molecule has 0 radical (unpaired) electrons. The van der Waals surface area contributed by atoms with E-state index in [4.69, 9.17) is 0 Å². The van der Waals surface area contributed by atoms with Crippen molar-refractivity contribution < 1.29 is 4.79 Å². The molecule has 0 aliphatic rings. The van der Waals surface area contributed by atoms with Crippen LogP contribution in [0.5, 0.6) is 0 Å². The van der Waals surface area contributed by atoms with Gasteiger partial charge in [-0.3, -0.25) is 4.79 Å². The van der Waals surface area contributed by atoms with Gasteiger partial charge in [0.15, 0.2) is 5.16 Å². The number of nitrogens with one attached hydrogen (secondary N) is 1. The average molecular weight is 408 g/mol. The third-order valence-electron chi connectivity index (χ3n) is 4.01. The van der Waals surface area contributed by atoms with E-state index in [1.165, 1.54) is 23.1 Å². The smallest absolute Gasteiger partial charge is 0.267 e. The van der Waals surface area contributed by atoms with Crippen LogP contribution in [0.2, 0.25) is 0 Å². The van der Waals surface area contributed by atoms with Crippen LogP contribution in [0.15, 0.2) is 71.0 Å². The van der Waals surface area contributed by atoms with Crippen LogP contribution in [-0.2, 0) is 7.05 Å². The molecule has 1 N–H and O–H groups in total. The number of carbonyl (C=O) groups excluding carboxylic acids is 1. The van der Waals surface area contributed by atoms with Gasteiger partial charge in [-0.15, -0.1) is 21.5 Å². The standard InChI is InChI=1S/C20H17N5OS2/c1-13-17(28-19(22-13)14-6-4-3-5-7-14)18(26)23-15-8-10-16(11-9-15)27-20-24-21-12-25(20)2/h3-12H,1-2H3,(H,23,26). The van der Waals surface area contributed by atoms with Gasteiger partial charge < -0.3 is 9.88 Å². The second-order valence-electron chi connectivity index (χ2n) is 6.10. The van der Waals surface area contributed by atoms with Crippen LogP contribution >= 0.6 is 23.1 Å². The van der Waals surface area contributed by atoms with Gasteiger partial charge in [-0.2, -0.15) is 0 Å². The lowest BCUT2D eigenvalue weighted by Gasteiger charge is -2.05. The van der Waals surface area contributed by atoms with E-state index >= 15 is 0 Å². The Bertz CT molecular complexity index is 1100. The van der Waals surface area contributed by atoms with Gasteiger partial charge in [0, 0.05) is 23.2 Å². The van der Waals surface area contributed by atoms with Crippen molar-refractivity contribution in [2.24, 2.45) is 7.05 Å². The maximum absolute atomic E-state index is 12.7. The topological polar surface area (TPSA) is 72.7 Å². The first kappa shape index (κ1) is 18.4. The highest BCUT2D eigenvalue weighted by Gasteiger charge is 2.16. The van der Waals surface area contributed by atoms with Crippen molar-refractivity contribution in [2.45, 2.75) is 17.0 Å². The summed E-state index contributed by atoms with van der Waals surface area (Å²) >= 11 is 2.92. The molecule has 0 aliphatic heterocycles. The molecule has 0 saturated carbocycles. The molecular formula is C20H17N5OS2. The lowest BCUT2D eigenvalue weighted by atomic mass is 10.2. The van der Waals surface area contributed by atoms with E-state index in [2.05, 4.69) is 20.5 Å². The lowest BCUT2D eigenvalue weighted by molar-refractivity contribution is 0.103. The van der Waals surface area contributed by atoms with Gasteiger partial charge >= 0.3 is 0 Å². The molecule has 2 aromatic heterocycles. The third-order valence-corrected chi connectivity index (χ3v) is 6.28. The van der Waals surface area contributed by atoms with Crippen molar-refractivity contribution in [3.63, 3.8) is 0 Å². The second kappa shape index (κ2) is 7.95. The number of thiazole rings is 1. The predicted molar refractivity (Wildman–Crippen MR) is 112 cm³/mol. The van der Waals surface area contributed by atoms with Crippen LogP contribution < -0.4 is 5.32 Å². The lowest BCUT2D eigenvalue weighted by Crippen LogP contribution is -2.11. The van der Waals surface area contributed by atoms with Gasteiger partial charge in [0.1, 0.15) is 16.2 Å². The molecule has 4 rings (SSSR count). The molecule has 2 heterocycles. The fraction of sp³-hybridized carbons (Fsp3) is 0.100. The summed E-state index contributed by atoms with van der Waals surface area (Å²) in [6, 6.07) is 17.5. The Morgan fingerprint density at radius 2 is 1.86 bits per heavy atom. The fourth-order valence-electron chi connectivity index (χ4n) is 2.58. The first-order valence-electron chi connectivity index (χ1n) is 8.56. The van der Waals surface area contributed by atoms with Crippen LogP contribution in [0.3, 0.4) is 0 Å². The van der Waals surface area contributed by atoms with Gasteiger partial charge in [-0.1, -0.05) is 30.3 Å². The summed E-state index contributed by atoms with van der Waals surface area (Å²) in [5.41, 5.74) is 2.48. The van der Waals surface area contributed by atoms with Crippen LogP contribution in [0.4, 0.5) is 5.69 Å². The first-order chi connectivity index (χ1) is 13.6. The molecule has 0 saturated heterocycles. The van der Waals surface area contributed by atoms with E-state index in [1.807, 2.05) is 73.1 Å². The molecule has 0 bridgehead atoms. The highest BCUT2D eigenvalue weighted by atomic mass is 32.2. The molecule has 140 valence electrons. The Balaban J connectivity index is 1.46. The molecule has 2 aromatic carbocycles. The molecule has 0 unspecified atom stereocenters. The Kier molecular flexibility index (Phi) is 5.23. The highest BCUT2D eigenvalue weighted by molar-refractivity contribution is 7.99. The maximum Gasteiger partial charge on any atom is 0.267 e. The molecule has 8 heteroatoms. The number of hydrogen-bond acceptors (Lipinski definition) is 6. The van der Waals surface area contributed by atoms with Gasteiger partial charge in [0.05, 0.1) is 5.69 Å². The fourth-order valence-corrected chi connectivity index (χ4v) is 4.30. The number of amides is 1. The molecule has 6 nitrogen and oxygen atoms in total. The predicted octanol–water partition coefficient (Wildman–Crippen LogP) is 4.65. The number of carbonyl (C=O) groups is 1. The molecular weight excluding hydrogens is 390 g/mol. The maximum atomic E-state index is 12.7. The molecule has 0 aliphatic carbocycles. The summed E-state index contributed by atoms with van der Waals surface area (Å²) in [6.07, 6.45) is 1.66. The zero-order valence-electron chi connectivity index (χ0n) is 15.3. The number of benzene rings is 2. The van der Waals surface area contributed by atoms with Crippen molar-refractivity contribution in [1.29, 1.82) is 0 Å². The van der Waals surface area contributed by atoms with Crippen LogP contribution in [-0.4, -0.2) is 25.7 Å². The molecule has 0 fully saturated rings. The summed E-state index contributed by atoms with van der Waals surface area (Å²) in [7, 11) is 1.90. The Morgan fingerprint density at radius 1 is 1.11 bits per heavy atom. The molecule has 0 spiro atoms. The van der Waals surface area contributed by atoms with Gasteiger partial charge in [-0.25, -0.2) is 4.98 Å². The van der Waals surface area contributed by atoms with Gasteiger partial charge in [0.2, 0.25) is 0 Å². The summed E-state index contributed by atoms with van der Waals surface area (Å²) in [6.45, 7) is 1.86. The molecule has 1 amide bonds. The Morgan fingerprint density at radius 3 is 2.54 bits per heavy atom. The molecule has 28 heavy (non-hydrogen) atoms. The Labute approximate surface area is 170 Å². The van der Waals surface area contributed by atoms with Crippen molar-refractivity contribution >= 4 is 34.7 Å². The zero-order chi connectivity index (χ0) is 19.5. The minimum Gasteiger partial charge on any atom is -0.321 e. The van der Waals surface area contributed by atoms with E-state index < -0.39 is 0 Å². The van der Waals surface area contributed by atoms with Crippen LogP contribution in [0.1, 0.15) is 15.4 Å². The number of hydrogen-bond donors (Lipinski definition) is 1. The number of rotatable bonds is 5. The normalized spacial score (nSPS) is 10.8. The van der Waals surface area contributed by atoms with E-state index in [1.54, 1.807) is 6.33 Å². The summed E-state index contributed by atoms with van der Waals surface area (Å²) in [4.78, 5) is 18.9. The van der Waals surface area contributed by atoms with Crippen LogP contribution in [0, 0.1) is 6.92 Å². The summed E-state index contributed by atoms with van der Waals surface area (Å²) in [5.74, 6) is -0.147. The highest BCUT2D eigenvalue weighted by Crippen LogP contribution is 2.29. The summed E-state index contributed by atoms with van der Waals surface area (Å²) < 4.78 is 1.86. The monoisotopic (exact) mass is 407 g/mol. The minimum absolute atomic E-state index is 0.147. The van der Waals surface area contributed by atoms with E-state index in [9.17, 15) is 4.79 Å². The summed E-state index contributed by atoms with van der Waals surface area (Å²) in [5, 5.41) is 12.5. The van der Waals surface area contributed by atoms with Gasteiger partial charge in [0.25, 0.3) is 5.91 Å². The largest absolute Gasteiger partial charge is 0.321 e. The third kappa shape index (κ3) is 3.97. The van der Waals surface area contributed by atoms with E-state index in [0.717, 1.165) is 32.0 Å². The molecule has 0 atom stereocenters. The minimum atomic E-state index is -0.147. The zero-order valence-corrected chi connectivity index (χ0v) is 16.9. The van der Waals surface area contributed by atoms with Gasteiger partial charge in [-0.05, 0) is 43.0 Å². The number of aryl methyl sites for hydroxylation is 2. The number of nitrogens with zero attached hydrogens (tertiary/aromatic N) is 4. The SMILES string of the molecule is Cc1nc(-c2ccccc2)sc1C(=O)Nc1ccc(Sc2nncn2C)cc1. The quantitative estimate of drug-likeness (QED) is 0.521. The van der Waals surface area contributed by atoms with Crippen molar-refractivity contribution in [1.82, 2.24) is 19.7 Å². The average Bonchev–Trinajstić information content (AvgIpc) is 3.30. The van der Waals surface area contributed by atoms with E-state index in [0.29, 0.717) is 4.88 Å². The second-order valence-corrected chi connectivity index (χ2v) is 8.14. The Hall–Kier alpha value is -2.97. The molecule has 4 aromatic rings. The van der Waals surface area contributed by atoms with Crippen LogP contribution in [0.25, 0.3) is 10.6 Å². The van der Waals surface area contributed by atoms with Crippen molar-refractivity contribution in [3.05, 3.63) is 71.5 Å². The van der Waals surface area contributed by atoms with E-state index in [-0.39, 0.29) is 5.91 Å². The number of aromatic nitrogens is 4. The van der Waals surface area contributed by atoms with Crippen molar-refractivity contribution in [3.8, 4) is 10.6 Å². The first-order valence-corrected chi connectivity index (χ1v) is 10.2.